The predicted molar refractivity (Wildman–Crippen MR) is 88.6 cm³/mol. The first kappa shape index (κ1) is 14.9. The number of benzene rings is 2. The molecule has 2 aromatic carbocycles. The second-order valence-corrected chi connectivity index (χ2v) is 5.84. The molecule has 2 aromatic rings. The van der Waals surface area contributed by atoms with Crippen LogP contribution in [-0.4, -0.2) is 7.11 Å². The van der Waals surface area contributed by atoms with E-state index in [1.165, 1.54) is 16.7 Å². The van der Waals surface area contributed by atoms with Crippen molar-refractivity contribution < 1.29 is 4.74 Å². The fourth-order valence-electron chi connectivity index (χ4n) is 2.26. The first-order valence-electron chi connectivity index (χ1n) is 6.69. The first-order chi connectivity index (χ1) is 9.52. The van der Waals surface area contributed by atoms with E-state index >= 15 is 0 Å². The summed E-state index contributed by atoms with van der Waals surface area (Å²) in [6.07, 6.45) is 0. The fraction of sp³-hybridized carbons (Fsp3) is 0.294. The molecule has 0 saturated carbocycles. The lowest BCUT2D eigenvalue weighted by Crippen LogP contribution is -2.09. The van der Waals surface area contributed by atoms with Crippen LogP contribution in [0.5, 0.6) is 5.75 Å². The van der Waals surface area contributed by atoms with Crippen LogP contribution in [0.1, 0.15) is 29.7 Å². The molecule has 1 atom stereocenters. The van der Waals surface area contributed by atoms with Gasteiger partial charge in [0, 0.05) is 15.7 Å². The fourth-order valence-corrected chi connectivity index (χ4v) is 2.64. The molecule has 0 aliphatic carbocycles. The lowest BCUT2D eigenvalue weighted by atomic mass is 10.0. The predicted octanol–water partition coefficient (Wildman–Crippen LogP) is 5.25. The third-order valence-corrected chi connectivity index (χ3v) is 4.47. The Bertz CT molecular complexity index is 610. The van der Waals surface area contributed by atoms with Crippen LogP contribution in [0.15, 0.2) is 40.9 Å². The minimum absolute atomic E-state index is 0.169. The highest BCUT2D eigenvalue weighted by molar-refractivity contribution is 9.10. The summed E-state index contributed by atoms with van der Waals surface area (Å²) in [6, 6.07) is 12.7. The molecule has 0 heterocycles. The van der Waals surface area contributed by atoms with Crippen LogP contribution in [0.3, 0.4) is 0 Å². The summed E-state index contributed by atoms with van der Waals surface area (Å²) in [7, 11) is 1.71. The van der Waals surface area contributed by atoms with E-state index < -0.39 is 0 Å². The number of methoxy groups -OCH3 is 1. The number of aryl methyl sites for hydroxylation is 2. The Kier molecular flexibility index (Phi) is 4.71. The largest absolute Gasteiger partial charge is 0.496 e. The number of nitrogens with one attached hydrogen (secondary N) is 1. The van der Waals surface area contributed by atoms with Crippen molar-refractivity contribution in [2.45, 2.75) is 26.8 Å². The van der Waals surface area contributed by atoms with E-state index in [9.17, 15) is 0 Å². The molecule has 2 rings (SSSR count). The molecule has 0 saturated heterocycles. The molecule has 0 aliphatic heterocycles. The first-order valence-corrected chi connectivity index (χ1v) is 7.48. The monoisotopic (exact) mass is 333 g/mol. The van der Waals surface area contributed by atoms with Gasteiger partial charge in [0.15, 0.2) is 0 Å². The topological polar surface area (TPSA) is 21.3 Å². The summed E-state index contributed by atoms with van der Waals surface area (Å²) in [4.78, 5) is 0. The minimum atomic E-state index is 0.169. The van der Waals surface area contributed by atoms with Gasteiger partial charge in [0.05, 0.1) is 13.2 Å². The quantitative estimate of drug-likeness (QED) is 0.825. The van der Waals surface area contributed by atoms with Crippen LogP contribution in [0.25, 0.3) is 0 Å². The van der Waals surface area contributed by atoms with E-state index in [0.29, 0.717) is 0 Å². The number of ether oxygens (including phenoxy) is 1. The molecular formula is C17H20BrNO. The Hall–Kier alpha value is -1.48. The molecule has 1 N–H and O–H groups in total. The lowest BCUT2D eigenvalue weighted by molar-refractivity contribution is 0.408. The summed E-state index contributed by atoms with van der Waals surface area (Å²) in [5.74, 6) is 0.916. The second kappa shape index (κ2) is 6.31. The van der Waals surface area contributed by atoms with Crippen molar-refractivity contribution in [2.24, 2.45) is 0 Å². The summed E-state index contributed by atoms with van der Waals surface area (Å²) in [6.45, 7) is 6.33. The maximum atomic E-state index is 5.46. The second-order valence-electron chi connectivity index (χ2n) is 5.05. The molecule has 106 valence electrons. The standard InChI is InChI=1S/C17H20BrNO/c1-11-8-9-16(20-4)14(10-11)13(3)19-15-7-5-6-12(2)17(15)18/h5-10,13,19H,1-4H3. The molecule has 0 bridgehead atoms. The smallest absolute Gasteiger partial charge is 0.124 e. The third kappa shape index (κ3) is 3.15. The van der Waals surface area contributed by atoms with E-state index in [4.69, 9.17) is 4.74 Å². The zero-order valence-electron chi connectivity index (χ0n) is 12.3. The Labute approximate surface area is 129 Å². The molecule has 0 fully saturated rings. The molecule has 0 spiro atoms. The van der Waals surface area contributed by atoms with Crippen LogP contribution in [0, 0.1) is 13.8 Å². The Morgan fingerprint density at radius 1 is 1.15 bits per heavy atom. The molecule has 3 heteroatoms. The van der Waals surface area contributed by atoms with Gasteiger partial charge in [-0.25, -0.2) is 0 Å². The normalized spacial score (nSPS) is 12.1. The number of anilines is 1. The Morgan fingerprint density at radius 2 is 1.90 bits per heavy atom. The zero-order chi connectivity index (χ0) is 14.7. The van der Waals surface area contributed by atoms with Crippen molar-refractivity contribution in [1.82, 2.24) is 0 Å². The maximum absolute atomic E-state index is 5.46. The lowest BCUT2D eigenvalue weighted by Gasteiger charge is -2.20. The van der Waals surface area contributed by atoms with Crippen LogP contribution < -0.4 is 10.1 Å². The van der Waals surface area contributed by atoms with Gasteiger partial charge in [0.1, 0.15) is 5.75 Å². The van der Waals surface area contributed by atoms with Crippen LogP contribution in [0.4, 0.5) is 5.69 Å². The minimum Gasteiger partial charge on any atom is -0.496 e. The molecule has 0 amide bonds. The Morgan fingerprint density at radius 3 is 2.60 bits per heavy atom. The number of rotatable bonds is 4. The van der Waals surface area contributed by atoms with Gasteiger partial charge in [-0.05, 0) is 54.4 Å². The SMILES string of the molecule is COc1ccc(C)cc1C(C)Nc1cccc(C)c1Br. The van der Waals surface area contributed by atoms with E-state index in [1.54, 1.807) is 7.11 Å². The van der Waals surface area contributed by atoms with E-state index in [0.717, 1.165) is 15.9 Å². The summed E-state index contributed by atoms with van der Waals surface area (Å²) in [5, 5.41) is 3.54. The average Bonchev–Trinajstić information content (AvgIpc) is 2.43. The van der Waals surface area contributed by atoms with E-state index in [1.807, 2.05) is 6.07 Å². The van der Waals surface area contributed by atoms with Gasteiger partial charge in [-0.2, -0.15) is 0 Å². The molecular weight excluding hydrogens is 314 g/mol. The summed E-state index contributed by atoms with van der Waals surface area (Å²) < 4.78 is 6.57. The molecule has 0 aliphatic rings. The van der Waals surface area contributed by atoms with Crippen LogP contribution >= 0.6 is 15.9 Å². The van der Waals surface area contributed by atoms with E-state index in [2.05, 4.69) is 72.3 Å². The zero-order valence-corrected chi connectivity index (χ0v) is 13.9. The highest BCUT2D eigenvalue weighted by atomic mass is 79.9. The van der Waals surface area contributed by atoms with Crippen molar-refractivity contribution in [3.63, 3.8) is 0 Å². The van der Waals surface area contributed by atoms with Gasteiger partial charge in [-0.1, -0.05) is 29.8 Å². The molecule has 0 radical (unpaired) electrons. The van der Waals surface area contributed by atoms with Crippen molar-refractivity contribution in [2.75, 3.05) is 12.4 Å². The average molecular weight is 334 g/mol. The van der Waals surface area contributed by atoms with Crippen molar-refractivity contribution in [3.05, 3.63) is 57.6 Å². The molecule has 20 heavy (non-hydrogen) atoms. The third-order valence-electron chi connectivity index (χ3n) is 3.42. The van der Waals surface area contributed by atoms with Crippen molar-refractivity contribution >= 4 is 21.6 Å². The molecule has 1 unspecified atom stereocenters. The van der Waals surface area contributed by atoms with Crippen LogP contribution in [0.2, 0.25) is 0 Å². The van der Waals surface area contributed by atoms with Crippen molar-refractivity contribution in [3.8, 4) is 5.75 Å². The van der Waals surface area contributed by atoms with Gasteiger partial charge in [-0.15, -0.1) is 0 Å². The molecule has 0 aromatic heterocycles. The Balaban J connectivity index is 2.30. The highest BCUT2D eigenvalue weighted by Gasteiger charge is 2.13. The van der Waals surface area contributed by atoms with Gasteiger partial charge in [0.2, 0.25) is 0 Å². The summed E-state index contributed by atoms with van der Waals surface area (Å²) in [5.41, 5.74) is 4.72. The van der Waals surface area contributed by atoms with Gasteiger partial charge >= 0.3 is 0 Å². The summed E-state index contributed by atoms with van der Waals surface area (Å²) >= 11 is 3.64. The van der Waals surface area contributed by atoms with Gasteiger partial charge < -0.3 is 10.1 Å². The molecule has 2 nitrogen and oxygen atoms in total. The number of hydrogen-bond acceptors (Lipinski definition) is 2. The number of halogens is 1. The maximum Gasteiger partial charge on any atom is 0.124 e. The number of hydrogen-bond donors (Lipinski definition) is 1. The van der Waals surface area contributed by atoms with Crippen molar-refractivity contribution in [1.29, 1.82) is 0 Å². The highest BCUT2D eigenvalue weighted by Crippen LogP contribution is 2.32. The van der Waals surface area contributed by atoms with Crippen LogP contribution in [-0.2, 0) is 0 Å². The van der Waals surface area contributed by atoms with E-state index in [-0.39, 0.29) is 6.04 Å². The van der Waals surface area contributed by atoms with Gasteiger partial charge in [-0.3, -0.25) is 0 Å². The van der Waals surface area contributed by atoms with Gasteiger partial charge in [0.25, 0.3) is 0 Å².